The second kappa shape index (κ2) is 60.4. The third kappa shape index (κ3) is 57.0. The van der Waals surface area contributed by atoms with Crippen LogP contribution in [0.15, 0.2) is 48.6 Å². The van der Waals surface area contributed by atoms with Crippen LogP contribution in [-0.4, -0.2) is 47.4 Å². The molecule has 2 unspecified atom stereocenters. The van der Waals surface area contributed by atoms with Crippen LogP contribution in [0.5, 0.6) is 0 Å². The first-order valence-corrected chi connectivity index (χ1v) is 31.4. The number of hydrogen-bond donors (Lipinski definition) is 3. The van der Waals surface area contributed by atoms with Gasteiger partial charge in [0.15, 0.2) is 0 Å². The van der Waals surface area contributed by atoms with Crippen molar-refractivity contribution < 1.29 is 24.5 Å². The molecular formula is C65H121NO5. The quantitative estimate of drug-likeness (QED) is 0.0321. The van der Waals surface area contributed by atoms with Crippen LogP contribution in [0.2, 0.25) is 0 Å². The van der Waals surface area contributed by atoms with E-state index in [4.69, 9.17) is 4.74 Å². The summed E-state index contributed by atoms with van der Waals surface area (Å²) >= 11 is 0. The van der Waals surface area contributed by atoms with Gasteiger partial charge in [-0.2, -0.15) is 0 Å². The molecule has 6 nitrogen and oxygen atoms in total. The standard InChI is InChI=1S/C65H121NO5/c1-3-5-7-9-11-13-15-17-30-35-39-43-47-51-55-59-65(70)71-60-56-52-48-44-40-36-32-29-27-25-23-21-19-18-20-22-24-26-28-31-34-38-42-46-50-54-58-64(69)66-62(61-67)63(68)57-53-49-45-41-37-33-16-14-12-10-8-6-4-2/h11,13,17-18,20,30,53,57,62-63,67-68H,3-10,12,14-16,19,21-29,31-52,54-56,58-61H2,1-2H3,(H,66,69)/b13-11-,20-18-,30-17-,57-53+. The molecule has 0 fully saturated rings. The van der Waals surface area contributed by atoms with Gasteiger partial charge in [0.1, 0.15) is 0 Å². The molecule has 6 heteroatoms. The van der Waals surface area contributed by atoms with E-state index in [1.807, 2.05) is 6.08 Å². The number of hydrogen-bond acceptors (Lipinski definition) is 5. The number of nitrogens with one attached hydrogen (secondary N) is 1. The van der Waals surface area contributed by atoms with Gasteiger partial charge in [-0.15, -0.1) is 0 Å². The van der Waals surface area contributed by atoms with Crippen LogP contribution in [0.4, 0.5) is 0 Å². The molecular weight excluding hydrogens is 875 g/mol. The average Bonchev–Trinajstić information content (AvgIpc) is 3.37. The maximum absolute atomic E-state index is 12.4. The van der Waals surface area contributed by atoms with Crippen LogP contribution in [0.3, 0.4) is 0 Å². The normalized spacial score (nSPS) is 12.9. The monoisotopic (exact) mass is 996 g/mol. The van der Waals surface area contributed by atoms with Gasteiger partial charge in [-0.05, 0) is 89.9 Å². The summed E-state index contributed by atoms with van der Waals surface area (Å²) in [7, 11) is 0. The first-order chi connectivity index (χ1) is 35.0. The predicted octanol–water partition coefficient (Wildman–Crippen LogP) is 19.7. The van der Waals surface area contributed by atoms with E-state index in [1.165, 1.54) is 250 Å². The molecule has 1 amide bonds. The first-order valence-electron chi connectivity index (χ1n) is 31.4. The molecule has 0 spiro atoms. The highest BCUT2D eigenvalue weighted by Gasteiger charge is 2.18. The number of ether oxygens (including phenoxy) is 1. The third-order valence-corrected chi connectivity index (χ3v) is 14.3. The Morgan fingerprint density at radius 1 is 0.394 bits per heavy atom. The molecule has 0 heterocycles. The van der Waals surface area contributed by atoms with Crippen molar-refractivity contribution in [2.24, 2.45) is 0 Å². The fourth-order valence-electron chi connectivity index (χ4n) is 9.48. The lowest BCUT2D eigenvalue weighted by Gasteiger charge is -2.20. The van der Waals surface area contributed by atoms with E-state index in [9.17, 15) is 19.8 Å². The molecule has 0 saturated heterocycles. The highest BCUT2D eigenvalue weighted by Crippen LogP contribution is 2.17. The minimum absolute atomic E-state index is 0.000476. The summed E-state index contributed by atoms with van der Waals surface area (Å²) in [6.45, 7) is 4.87. The zero-order valence-corrected chi connectivity index (χ0v) is 47.5. The number of allylic oxidation sites excluding steroid dienone is 7. The second-order valence-electron chi connectivity index (χ2n) is 21.4. The van der Waals surface area contributed by atoms with Gasteiger partial charge in [0.05, 0.1) is 25.4 Å². The summed E-state index contributed by atoms with van der Waals surface area (Å²) in [6.07, 6.45) is 77.3. The summed E-state index contributed by atoms with van der Waals surface area (Å²) in [5.41, 5.74) is 0. The first kappa shape index (κ1) is 68.8. The molecule has 0 radical (unpaired) electrons. The van der Waals surface area contributed by atoms with E-state index in [1.54, 1.807) is 6.08 Å². The Labute approximate surface area is 442 Å². The van der Waals surface area contributed by atoms with Crippen molar-refractivity contribution in [1.29, 1.82) is 0 Å². The van der Waals surface area contributed by atoms with Crippen molar-refractivity contribution in [3.8, 4) is 0 Å². The van der Waals surface area contributed by atoms with Gasteiger partial charge in [-0.25, -0.2) is 0 Å². The number of rotatable bonds is 58. The molecule has 2 atom stereocenters. The molecule has 0 aliphatic carbocycles. The molecule has 0 bridgehead atoms. The number of unbranched alkanes of at least 4 members (excludes halogenated alkanes) is 41. The SMILES string of the molecule is CCCCC/C=C\C/C=C\CCCCCCCC(=O)OCCCCCCCCCCCCCC/C=C\CCCCCCCCCCCCC(=O)NC(CO)C(O)/C=C/CCCCCCCCCCCCC. The lowest BCUT2D eigenvalue weighted by atomic mass is 10.0. The summed E-state index contributed by atoms with van der Waals surface area (Å²) in [4.78, 5) is 24.5. The summed E-state index contributed by atoms with van der Waals surface area (Å²) in [6, 6.07) is -0.629. The zero-order valence-electron chi connectivity index (χ0n) is 47.5. The predicted molar refractivity (Wildman–Crippen MR) is 310 cm³/mol. The summed E-state index contributed by atoms with van der Waals surface area (Å²) < 4.78 is 5.48. The van der Waals surface area contributed by atoms with Crippen molar-refractivity contribution in [1.82, 2.24) is 5.32 Å². The Hall–Kier alpha value is -2.18. The van der Waals surface area contributed by atoms with E-state index < -0.39 is 12.1 Å². The molecule has 0 aromatic heterocycles. The van der Waals surface area contributed by atoms with Crippen molar-refractivity contribution in [2.75, 3.05) is 13.2 Å². The Morgan fingerprint density at radius 3 is 1.11 bits per heavy atom. The molecule has 0 aromatic rings. The number of carbonyl (C=O) groups is 2. The fraction of sp³-hybridized carbons (Fsp3) is 0.846. The molecule has 0 saturated carbocycles. The van der Waals surface area contributed by atoms with Gasteiger partial charge in [-0.3, -0.25) is 9.59 Å². The molecule has 0 aliphatic rings. The largest absolute Gasteiger partial charge is 0.466 e. The Balaban J connectivity index is 3.41. The van der Waals surface area contributed by atoms with Crippen molar-refractivity contribution in [2.45, 2.75) is 341 Å². The van der Waals surface area contributed by atoms with Gasteiger partial charge < -0.3 is 20.3 Å². The molecule has 3 N–H and O–H groups in total. The average molecular weight is 997 g/mol. The summed E-state index contributed by atoms with van der Waals surface area (Å²) in [5, 5.41) is 23.1. The fourth-order valence-corrected chi connectivity index (χ4v) is 9.48. The highest BCUT2D eigenvalue weighted by molar-refractivity contribution is 5.76. The van der Waals surface area contributed by atoms with Crippen LogP contribution in [0, 0.1) is 0 Å². The van der Waals surface area contributed by atoms with E-state index in [0.717, 1.165) is 51.4 Å². The lowest BCUT2D eigenvalue weighted by molar-refractivity contribution is -0.143. The molecule has 71 heavy (non-hydrogen) atoms. The van der Waals surface area contributed by atoms with Gasteiger partial charge >= 0.3 is 5.97 Å². The minimum atomic E-state index is -0.845. The molecule has 416 valence electrons. The van der Waals surface area contributed by atoms with Crippen LogP contribution < -0.4 is 5.32 Å². The molecule has 0 rings (SSSR count). The smallest absolute Gasteiger partial charge is 0.305 e. The minimum Gasteiger partial charge on any atom is -0.466 e. The second-order valence-corrected chi connectivity index (χ2v) is 21.4. The summed E-state index contributed by atoms with van der Waals surface area (Å²) in [5.74, 6) is -0.0705. The number of esters is 1. The van der Waals surface area contributed by atoms with Gasteiger partial charge in [0, 0.05) is 12.8 Å². The van der Waals surface area contributed by atoms with Crippen LogP contribution >= 0.6 is 0 Å². The van der Waals surface area contributed by atoms with Gasteiger partial charge in [0.2, 0.25) is 5.91 Å². The zero-order chi connectivity index (χ0) is 51.4. The maximum atomic E-state index is 12.4. The lowest BCUT2D eigenvalue weighted by Crippen LogP contribution is -2.45. The van der Waals surface area contributed by atoms with E-state index in [0.29, 0.717) is 19.4 Å². The number of amides is 1. The molecule has 0 aliphatic heterocycles. The molecule has 0 aromatic carbocycles. The Morgan fingerprint density at radius 2 is 0.704 bits per heavy atom. The Kier molecular flexibility index (Phi) is 58.5. The van der Waals surface area contributed by atoms with Gasteiger partial charge in [-0.1, -0.05) is 274 Å². The number of carbonyl (C=O) groups excluding carboxylic acids is 2. The van der Waals surface area contributed by atoms with Gasteiger partial charge in [0.25, 0.3) is 0 Å². The van der Waals surface area contributed by atoms with E-state index in [2.05, 4.69) is 55.6 Å². The van der Waals surface area contributed by atoms with E-state index in [-0.39, 0.29) is 18.5 Å². The van der Waals surface area contributed by atoms with Crippen molar-refractivity contribution in [3.05, 3.63) is 48.6 Å². The number of aliphatic hydroxyl groups excluding tert-OH is 2. The van der Waals surface area contributed by atoms with E-state index >= 15 is 0 Å². The van der Waals surface area contributed by atoms with Crippen LogP contribution in [0.25, 0.3) is 0 Å². The Bertz CT molecular complexity index is 1190. The maximum Gasteiger partial charge on any atom is 0.305 e. The van der Waals surface area contributed by atoms with Crippen molar-refractivity contribution in [3.63, 3.8) is 0 Å². The highest BCUT2D eigenvalue weighted by atomic mass is 16.5. The van der Waals surface area contributed by atoms with Crippen LogP contribution in [0.1, 0.15) is 328 Å². The number of aliphatic hydroxyl groups is 2. The topological polar surface area (TPSA) is 95.9 Å². The van der Waals surface area contributed by atoms with Crippen molar-refractivity contribution >= 4 is 11.9 Å². The van der Waals surface area contributed by atoms with Crippen LogP contribution in [-0.2, 0) is 14.3 Å². The third-order valence-electron chi connectivity index (χ3n) is 14.3.